The smallest absolute Gasteiger partial charge is 0.279 e. The first-order valence-electron chi connectivity index (χ1n) is 11.2. The Morgan fingerprint density at radius 2 is 1.79 bits per heavy atom. The largest absolute Gasteiger partial charge is 0.484 e. The summed E-state index contributed by atoms with van der Waals surface area (Å²) in [6.45, 7) is 4.93. The first-order chi connectivity index (χ1) is 14.1. The van der Waals surface area contributed by atoms with Crippen LogP contribution in [-0.4, -0.2) is 67.1 Å². The maximum atomic E-state index is 13.0. The van der Waals surface area contributed by atoms with Crippen molar-refractivity contribution in [2.45, 2.75) is 38.2 Å². The molecule has 3 unspecified atom stereocenters. The molecule has 0 radical (unpaired) electrons. The van der Waals surface area contributed by atoms with Crippen molar-refractivity contribution in [3.63, 3.8) is 0 Å². The molecule has 7 nitrogen and oxygen atoms in total. The van der Waals surface area contributed by atoms with Gasteiger partial charge in [0.15, 0.2) is 6.10 Å². The number of allylic oxidation sites excluding steroid dienone is 2. The summed E-state index contributed by atoms with van der Waals surface area (Å²) < 4.78 is 5.30. The predicted molar refractivity (Wildman–Crippen MR) is 108 cm³/mol. The fourth-order valence-electron chi connectivity index (χ4n) is 6.51. The Morgan fingerprint density at radius 3 is 2.48 bits per heavy atom. The quantitative estimate of drug-likeness (QED) is 0.697. The number of hydrogen-bond acceptors (Lipinski definition) is 5. The Morgan fingerprint density at radius 1 is 1.03 bits per heavy atom. The van der Waals surface area contributed by atoms with Crippen molar-refractivity contribution in [1.29, 1.82) is 0 Å². The number of carbonyl (C=O) groups excluding carboxylic acids is 2. The van der Waals surface area contributed by atoms with Gasteiger partial charge in [-0.15, -0.1) is 0 Å². The monoisotopic (exact) mass is 400 g/mol. The van der Waals surface area contributed by atoms with Gasteiger partial charge in [0.05, 0.1) is 11.7 Å². The van der Waals surface area contributed by atoms with Crippen LogP contribution >= 0.6 is 0 Å². The molecule has 4 saturated carbocycles. The Hall–Kier alpha value is -1.86. The van der Waals surface area contributed by atoms with Crippen molar-refractivity contribution in [3.8, 4) is 0 Å². The second-order valence-corrected chi connectivity index (χ2v) is 9.53. The van der Waals surface area contributed by atoms with E-state index in [1.807, 2.05) is 11.1 Å². The van der Waals surface area contributed by atoms with Gasteiger partial charge in [0.2, 0.25) is 5.91 Å². The minimum atomic E-state index is -0.548. The molecule has 158 valence electrons. The summed E-state index contributed by atoms with van der Waals surface area (Å²) in [7, 11) is 0. The van der Waals surface area contributed by atoms with E-state index < -0.39 is 6.10 Å². The molecule has 0 aromatic carbocycles. The summed E-state index contributed by atoms with van der Waals surface area (Å²) in [4.78, 5) is 27.5. The fraction of sp³-hybridized carbons (Fsp3) is 0.727. The van der Waals surface area contributed by atoms with E-state index in [2.05, 4.69) is 15.6 Å². The molecule has 6 aliphatic rings. The summed E-state index contributed by atoms with van der Waals surface area (Å²) in [6.07, 6.45) is 12.5. The number of rotatable bonds is 6. The predicted octanol–water partition coefficient (Wildman–Crippen LogP) is 1.05. The van der Waals surface area contributed by atoms with Gasteiger partial charge in [-0.1, -0.05) is 6.08 Å². The van der Waals surface area contributed by atoms with Crippen molar-refractivity contribution in [2.24, 2.45) is 23.2 Å². The van der Waals surface area contributed by atoms with Crippen molar-refractivity contribution in [1.82, 2.24) is 20.7 Å². The topological polar surface area (TPSA) is 73.9 Å². The van der Waals surface area contributed by atoms with E-state index in [-0.39, 0.29) is 11.3 Å². The molecule has 1 saturated heterocycles. The molecular formula is C22H32N4O3. The number of nitrogens with one attached hydrogen (secondary N) is 2. The van der Waals surface area contributed by atoms with E-state index in [0.29, 0.717) is 11.8 Å². The lowest BCUT2D eigenvalue weighted by Crippen LogP contribution is -2.56. The van der Waals surface area contributed by atoms with Gasteiger partial charge in [-0.3, -0.25) is 19.9 Å². The average Bonchev–Trinajstić information content (AvgIpc) is 3.14. The highest BCUT2D eigenvalue weighted by atomic mass is 16.5. The molecule has 2 N–H and O–H groups in total. The minimum Gasteiger partial charge on any atom is -0.484 e. The third-order valence-electron chi connectivity index (χ3n) is 7.76. The molecule has 3 atom stereocenters. The lowest BCUT2D eigenvalue weighted by Gasteiger charge is -2.35. The molecule has 0 aromatic heterocycles. The van der Waals surface area contributed by atoms with Gasteiger partial charge in [-0.05, 0) is 62.0 Å². The average molecular weight is 401 g/mol. The van der Waals surface area contributed by atoms with Crippen LogP contribution in [0.1, 0.15) is 32.1 Å². The first kappa shape index (κ1) is 19.1. The van der Waals surface area contributed by atoms with E-state index in [9.17, 15) is 9.59 Å². The maximum Gasteiger partial charge on any atom is 0.279 e. The molecule has 2 aliphatic heterocycles. The Bertz CT molecular complexity index is 699. The van der Waals surface area contributed by atoms with E-state index in [1.165, 1.54) is 19.3 Å². The number of nitrogens with zero attached hydrogens (tertiary/aromatic N) is 2. The number of amides is 2. The van der Waals surface area contributed by atoms with Crippen LogP contribution in [-0.2, 0) is 14.3 Å². The minimum absolute atomic E-state index is 0.0264. The number of ether oxygens (including phenoxy) is 1. The highest BCUT2D eigenvalue weighted by Gasteiger charge is 2.61. The van der Waals surface area contributed by atoms with Crippen molar-refractivity contribution < 1.29 is 14.3 Å². The molecule has 7 heteroatoms. The lowest BCUT2D eigenvalue weighted by molar-refractivity contribution is -0.134. The maximum absolute atomic E-state index is 13.0. The fourth-order valence-corrected chi connectivity index (χ4v) is 6.51. The highest BCUT2D eigenvalue weighted by molar-refractivity contribution is 5.84. The first-order valence-corrected chi connectivity index (χ1v) is 11.2. The Kier molecular flexibility index (Phi) is 5.12. The molecule has 2 heterocycles. The zero-order valence-corrected chi connectivity index (χ0v) is 17.0. The van der Waals surface area contributed by atoms with Gasteiger partial charge in [-0.2, -0.15) is 0 Å². The summed E-state index contributed by atoms with van der Waals surface area (Å²) >= 11 is 0. The molecule has 0 aromatic rings. The van der Waals surface area contributed by atoms with Crippen LogP contribution in [0.4, 0.5) is 0 Å². The van der Waals surface area contributed by atoms with Crippen molar-refractivity contribution in [2.75, 3.05) is 39.3 Å². The molecule has 4 aliphatic carbocycles. The number of carbonyl (C=O) groups is 2. The third-order valence-corrected chi connectivity index (χ3v) is 7.76. The Labute approximate surface area is 172 Å². The van der Waals surface area contributed by atoms with Gasteiger partial charge in [0.25, 0.3) is 5.91 Å². The molecule has 5 fully saturated rings. The number of piperazine rings is 1. The normalized spacial score (nSPS) is 38.2. The van der Waals surface area contributed by atoms with Crippen LogP contribution in [0, 0.1) is 23.2 Å². The van der Waals surface area contributed by atoms with Crippen LogP contribution in [0.15, 0.2) is 24.5 Å². The molecule has 6 rings (SSSR count). The standard InChI is InChI=1S/C22H32N4O3/c27-20(19-3-1-2-10-29-19)24-26-8-6-25(7-9-26)5-4-23-21(28)22-14-16-11-17(15-22)13-18(22)12-16/h1-3,10,16-19H,4-9,11-15H2,(H,23,28)(H,24,27). The summed E-state index contributed by atoms with van der Waals surface area (Å²) in [5.74, 6) is 2.47. The van der Waals surface area contributed by atoms with Crippen molar-refractivity contribution in [3.05, 3.63) is 24.5 Å². The third kappa shape index (κ3) is 3.70. The van der Waals surface area contributed by atoms with Gasteiger partial charge in [0.1, 0.15) is 0 Å². The second kappa shape index (κ2) is 7.76. The molecule has 0 spiro atoms. The van der Waals surface area contributed by atoms with Crippen molar-refractivity contribution >= 4 is 11.8 Å². The number of hydrogen-bond donors (Lipinski definition) is 2. The zero-order valence-electron chi connectivity index (χ0n) is 17.0. The van der Waals surface area contributed by atoms with Crippen LogP contribution in [0.2, 0.25) is 0 Å². The van der Waals surface area contributed by atoms with Crippen LogP contribution in [0.3, 0.4) is 0 Å². The molecule has 2 amide bonds. The zero-order chi connectivity index (χ0) is 19.8. The van der Waals surface area contributed by atoms with E-state index in [0.717, 1.165) is 63.9 Å². The number of hydrazine groups is 1. The van der Waals surface area contributed by atoms with Crippen LogP contribution in [0.25, 0.3) is 0 Å². The van der Waals surface area contributed by atoms with E-state index in [4.69, 9.17) is 4.74 Å². The highest BCUT2D eigenvalue weighted by Crippen LogP contribution is 2.65. The second-order valence-electron chi connectivity index (χ2n) is 9.53. The van der Waals surface area contributed by atoms with Gasteiger partial charge < -0.3 is 10.1 Å². The lowest BCUT2D eigenvalue weighted by atomic mass is 9.75. The molecule has 4 bridgehead atoms. The summed E-state index contributed by atoms with van der Waals surface area (Å²) in [5, 5.41) is 5.23. The van der Waals surface area contributed by atoms with Crippen LogP contribution < -0.4 is 10.7 Å². The SMILES string of the molecule is O=C(NN1CCN(CCNC(=O)C23CC4CC(CC2C4)C3)CC1)C1C=CC=CO1. The Balaban J connectivity index is 1.02. The molecular weight excluding hydrogens is 368 g/mol. The molecule has 29 heavy (non-hydrogen) atoms. The summed E-state index contributed by atoms with van der Waals surface area (Å²) in [6, 6.07) is 0. The summed E-state index contributed by atoms with van der Waals surface area (Å²) in [5.41, 5.74) is 2.91. The van der Waals surface area contributed by atoms with E-state index in [1.54, 1.807) is 18.4 Å². The van der Waals surface area contributed by atoms with E-state index >= 15 is 0 Å². The van der Waals surface area contributed by atoms with Gasteiger partial charge in [-0.25, -0.2) is 5.01 Å². The van der Waals surface area contributed by atoms with Gasteiger partial charge >= 0.3 is 0 Å². The van der Waals surface area contributed by atoms with Crippen LogP contribution in [0.5, 0.6) is 0 Å². The van der Waals surface area contributed by atoms with Gasteiger partial charge in [0, 0.05) is 39.3 Å².